The molecule has 1 aliphatic heterocycles. The third kappa shape index (κ3) is 2.94. The highest BCUT2D eigenvalue weighted by Crippen LogP contribution is 2.44. The van der Waals surface area contributed by atoms with E-state index in [-0.39, 0.29) is 5.70 Å². The van der Waals surface area contributed by atoms with Gasteiger partial charge in [0.1, 0.15) is 0 Å². The van der Waals surface area contributed by atoms with E-state index in [9.17, 15) is 10.1 Å². The minimum atomic E-state index is -0.770. The van der Waals surface area contributed by atoms with Crippen LogP contribution in [0.15, 0.2) is 46.6 Å². The highest BCUT2D eigenvalue weighted by Gasteiger charge is 2.34. The van der Waals surface area contributed by atoms with Gasteiger partial charge in [0, 0.05) is 21.7 Å². The molecule has 1 atom stereocenters. The maximum Gasteiger partial charge on any atom is 0.291 e. The van der Waals surface area contributed by atoms with Crippen molar-refractivity contribution in [2.75, 3.05) is 7.11 Å². The number of nitrogens with zero attached hydrogens (tertiary/aromatic N) is 1. The maximum absolute atomic E-state index is 11.5. The van der Waals surface area contributed by atoms with Crippen LogP contribution in [0.2, 0.25) is 0 Å². The molecule has 118 valence electrons. The van der Waals surface area contributed by atoms with E-state index in [0.717, 1.165) is 15.6 Å². The Morgan fingerprint density at radius 3 is 2.57 bits per heavy atom. The van der Waals surface area contributed by atoms with Crippen molar-refractivity contribution in [1.29, 1.82) is 0 Å². The summed E-state index contributed by atoms with van der Waals surface area (Å²) < 4.78 is 12.1. The van der Waals surface area contributed by atoms with Crippen LogP contribution in [0.25, 0.3) is 6.08 Å². The lowest BCUT2D eigenvalue weighted by atomic mass is 10.00. The predicted octanol–water partition coefficient (Wildman–Crippen LogP) is 4.52. The van der Waals surface area contributed by atoms with Crippen molar-refractivity contribution < 1.29 is 14.4 Å². The lowest BCUT2D eigenvalue weighted by Crippen LogP contribution is -2.20. The first-order chi connectivity index (χ1) is 11.0. The van der Waals surface area contributed by atoms with Crippen molar-refractivity contribution >= 4 is 22.0 Å². The highest BCUT2D eigenvalue weighted by molar-refractivity contribution is 9.10. The fourth-order valence-corrected chi connectivity index (χ4v) is 2.97. The van der Waals surface area contributed by atoms with Gasteiger partial charge in [-0.3, -0.25) is 10.1 Å². The molecule has 0 aliphatic carbocycles. The Bertz CT molecular complexity index is 799. The molecule has 0 amide bonds. The van der Waals surface area contributed by atoms with Gasteiger partial charge < -0.3 is 9.47 Å². The zero-order valence-corrected chi connectivity index (χ0v) is 14.2. The number of nitro groups is 1. The number of hydrogen-bond acceptors (Lipinski definition) is 4. The standard InChI is InChI=1S/C17H14BrNO4/c1-10-3-5-11(6-4-10)16-14(19(20)21)8-12-7-13(18)9-15(22-2)17(12)23-16/h3-9,16H,1-2H3. The van der Waals surface area contributed by atoms with Crippen LogP contribution in [-0.2, 0) is 0 Å². The molecule has 0 fully saturated rings. The second-order valence-corrected chi connectivity index (χ2v) is 6.18. The van der Waals surface area contributed by atoms with E-state index in [1.54, 1.807) is 19.2 Å². The molecule has 23 heavy (non-hydrogen) atoms. The number of methoxy groups -OCH3 is 1. The molecule has 0 spiro atoms. The predicted molar refractivity (Wildman–Crippen MR) is 90.2 cm³/mol. The van der Waals surface area contributed by atoms with Crippen molar-refractivity contribution in [1.82, 2.24) is 0 Å². The molecule has 5 nitrogen and oxygen atoms in total. The largest absolute Gasteiger partial charge is 0.493 e. The Morgan fingerprint density at radius 1 is 1.26 bits per heavy atom. The number of benzene rings is 2. The monoisotopic (exact) mass is 375 g/mol. The molecule has 0 bridgehead atoms. The molecule has 1 unspecified atom stereocenters. The number of rotatable bonds is 3. The molecule has 1 aliphatic rings. The molecule has 3 rings (SSSR count). The van der Waals surface area contributed by atoms with Crippen LogP contribution in [0.1, 0.15) is 22.8 Å². The average molecular weight is 376 g/mol. The van der Waals surface area contributed by atoms with Crippen molar-refractivity contribution in [3.8, 4) is 11.5 Å². The van der Waals surface area contributed by atoms with Gasteiger partial charge in [-0.05, 0) is 19.1 Å². The highest BCUT2D eigenvalue weighted by atomic mass is 79.9. The third-order valence-corrected chi connectivity index (χ3v) is 4.12. The topological polar surface area (TPSA) is 61.6 Å². The Labute approximate surface area is 141 Å². The second-order valence-electron chi connectivity index (χ2n) is 5.26. The molecule has 2 aromatic carbocycles. The van der Waals surface area contributed by atoms with Crippen LogP contribution in [0.4, 0.5) is 0 Å². The van der Waals surface area contributed by atoms with Crippen LogP contribution >= 0.6 is 15.9 Å². The molecular weight excluding hydrogens is 362 g/mol. The van der Waals surface area contributed by atoms with Crippen molar-refractivity contribution in [2.45, 2.75) is 13.0 Å². The first-order valence-corrected chi connectivity index (χ1v) is 7.75. The van der Waals surface area contributed by atoms with Gasteiger partial charge in [0.15, 0.2) is 11.5 Å². The van der Waals surface area contributed by atoms with Gasteiger partial charge in [0.2, 0.25) is 6.10 Å². The van der Waals surface area contributed by atoms with Crippen LogP contribution < -0.4 is 9.47 Å². The van der Waals surface area contributed by atoms with Crippen LogP contribution in [-0.4, -0.2) is 12.0 Å². The molecular formula is C17H14BrNO4. The molecule has 0 N–H and O–H groups in total. The molecule has 0 saturated heterocycles. The minimum absolute atomic E-state index is 0.00139. The summed E-state index contributed by atoms with van der Waals surface area (Å²) in [4.78, 5) is 11.1. The molecule has 0 radical (unpaired) electrons. The van der Waals surface area contributed by atoms with Gasteiger partial charge in [0.05, 0.1) is 12.0 Å². The van der Waals surface area contributed by atoms with Gasteiger partial charge in [-0.1, -0.05) is 45.8 Å². The van der Waals surface area contributed by atoms with Gasteiger partial charge in [0.25, 0.3) is 5.70 Å². The van der Waals surface area contributed by atoms with Crippen molar-refractivity contribution in [2.24, 2.45) is 0 Å². The Kier molecular flexibility index (Phi) is 4.09. The number of ether oxygens (including phenoxy) is 2. The Balaban J connectivity index is 2.14. The summed E-state index contributed by atoms with van der Waals surface area (Å²) in [5, 5.41) is 11.5. The van der Waals surface area contributed by atoms with Gasteiger partial charge in [-0.2, -0.15) is 0 Å². The van der Waals surface area contributed by atoms with Crippen molar-refractivity contribution in [3.05, 3.63) is 73.4 Å². The van der Waals surface area contributed by atoms with Gasteiger partial charge >= 0.3 is 0 Å². The first-order valence-electron chi connectivity index (χ1n) is 6.96. The van der Waals surface area contributed by atoms with E-state index < -0.39 is 11.0 Å². The fraction of sp³-hybridized carbons (Fsp3) is 0.176. The Morgan fingerprint density at radius 2 is 1.96 bits per heavy atom. The summed E-state index contributed by atoms with van der Waals surface area (Å²) >= 11 is 3.37. The first kappa shape index (κ1) is 15.6. The summed E-state index contributed by atoms with van der Waals surface area (Å²) in [6.45, 7) is 1.96. The molecule has 6 heteroatoms. The van der Waals surface area contributed by atoms with E-state index in [0.29, 0.717) is 17.1 Å². The van der Waals surface area contributed by atoms with Crippen LogP contribution in [0, 0.1) is 17.0 Å². The SMILES string of the molecule is COc1cc(Br)cc2c1OC(c1ccc(C)cc1)C([N+](=O)[O-])=C2. The number of halogens is 1. The smallest absolute Gasteiger partial charge is 0.291 e. The number of fused-ring (bicyclic) bond motifs is 1. The summed E-state index contributed by atoms with van der Waals surface area (Å²) in [6, 6.07) is 11.0. The summed E-state index contributed by atoms with van der Waals surface area (Å²) in [5.74, 6) is 1.04. The Hall–Kier alpha value is -2.34. The summed E-state index contributed by atoms with van der Waals surface area (Å²) in [6.07, 6.45) is 0.768. The van der Waals surface area contributed by atoms with Crippen molar-refractivity contribution in [3.63, 3.8) is 0 Å². The molecule has 0 aromatic heterocycles. The lowest BCUT2D eigenvalue weighted by Gasteiger charge is -2.24. The minimum Gasteiger partial charge on any atom is -0.493 e. The van der Waals surface area contributed by atoms with E-state index in [4.69, 9.17) is 9.47 Å². The van der Waals surface area contributed by atoms with E-state index >= 15 is 0 Å². The van der Waals surface area contributed by atoms with E-state index in [1.807, 2.05) is 31.2 Å². The maximum atomic E-state index is 11.5. The number of aryl methyl sites for hydroxylation is 1. The van der Waals surface area contributed by atoms with E-state index in [2.05, 4.69) is 15.9 Å². The zero-order chi connectivity index (χ0) is 16.6. The van der Waals surface area contributed by atoms with Crippen LogP contribution in [0.3, 0.4) is 0 Å². The molecule has 2 aromatic rings. The molecule has 1 heterocycles. The number of hydrogen-bond donors (Lipinski definition) is 0. The lowest BCUT2D eigenvalue weighted by molar-refractivity contribution is -0.434. The van der Waals surface area contributed by atoms with Gasteiger partial charge in [-0.25, -0.2) is 0 Å². The average Bonchev–Trinajstić information content (AvgIpc) is 2.53. The zero-order valence-electron chi connectivity index (χ0n) is 12.6. The van der Waals surface area contributed by atoms with Gasteiger partial charge in [-0.15, -0.1) is 0 Å². The fourth-order valence-electron chi connectivity index (χ4n) is 2.52. The third-order valence-electron chi connectivity index (χ3n) is 3.67. The van der Waals surface area contributed by atoms with E-state index in [1.165, 1.54) is 6.08 Å². The second kappa shape index (κ2) is 6.04. The van der Waals surface area contributed by atoms with Crippen LogP contribution in [0.5, 0.6) is 11.5 Å². The summed E-state index contributed by atoms with van der Waals surface area (Å²) in [5.41, 5.74) is 2.43. The quantitative estimate of drug-likeness (QED) is 0.584. The summed E-state index contributed by atoms with van der Waals surface area (Å²) in [7, 11) is 1.54. The normalized spacial score (nSPS) is 16.1. The molecule has 0 saturated carbocycles.